The summed E-state index contributed by atoms with van der Waals surface area (Å²) in [5.74, 6) is 0.747. The standard InChI is InChI=1S/C22H45NO2/c1-3-5-11-15-21(16-12-6-4-2)18-20-25-22(24)17-13-9-7-8-10-14-19-23/h21H,3-20,23H2,1-2H3. The second kappa shape index (κ2) is 19.8. The van der Waals surface area contributed by atoms with Crippen molar-refractivity contribution in [2.45, 2.75) is 117 Å². The Hall–Kier alpha value is -0.570. The molecule has 0 heterocycles. The normalized spacial score (nSPS) is 11.2. The van der Waals surface area contributed by atoms with Gasteiger partial charge in [-0.2, -0.15) is 0 Å². The van der Waals surface area contributed by atoms with Crippen LogP contribution in [0.15, 0.2) is 0 Å². The predicted molar refractivity (Wildman–Crippen MR) is 109 cm³/mol. The molecule has 2 N–H and O–H groups in total. The van der Waals surface area contributed by atoms with E-state index in [1.165, 1.54) is 70.6 Å². The van der Waals surface area contributed by atoms with Crippen LogP contribution in [0, 0.1) is 5.92 Å². The number of carbonyl (C=O) groups is 1. The molecule has 3 heteroatoms. The van der Waals surface area contributed by atoms with Gasteiger partial charge in [-0.3, -0.25) is 4.79 Å². The zero-order valence-electron chi connectivity index (χ0n) is 17.2. The molecule has 0 saturated heterocycles. The number of unbranched alkanes of at least 4 members (excludes halogenated alkanes) is 9. The van der Waals surface area contributed by atoms with Gasteiger partial charge < -0.3 is 10.5 Å². The van der Waals surface area contributed by atoms with Crippen molar-refractivity contribution >= 4 is 5.97 Å². The van der Waals surface area contributed by atoms with E-state index in [1.54, 1.807) is 0 Å². The van der Waals surface area contributed by atoms with Crippen LogP contribution in [0.1, 0.15) is 117 Å². The first kappa shape index (κ1) is 24.4. The number of esters is 1. The van der Waals surface area contributed by atoms with Gasteiger partial charge in [-0.05, 0) is 31.7 Å². The molecule has 0 fully saturated rings. The van der Waals surface area contributed by atoms with Crippen LogP contribution in [-0.4, -0.2) is 19.1 Å². The fourth-order valence-corrected chi connectivity index (χ4v) is 3.33. The van der Waals surface area contributed by atoms with Gasteiger partial charge in [0.2, 0.25) is 0 Å². The summed E-state index contributed by atoms with van der Waals surface area (Å²) >= 11 is 0. The van der Waals surface area contributed by atoms with Crippen LogP contribution in [0.4, 0.5) is 0 Å². The van der Waals surface area contributed by atoms with Crippen LogP contribution in [0.2, 0.25) is 0 Å². The van der Waals surface area contributed by atoms with Gasteiger partial charge in [0, 0.05) is 6.42 Å². The fraction of sp³-hybridized carbons (Fsp3) is 0.955. The van der Waals surface area contributed by atoms with E-state index in [9.17, 15) is 4.79 Å². The Morgan fingerprint density at radius 2 is 1.32 bits per heavy atom. The van der Waals surface area contributed by atoms with Gasteiger partial charge in [-0.1, -0.05) is 90.9 Å². The lowest BCUT2D eigenvalue weighted by Crippen LogP contribution is -2.10. The minimum absolute atomic E-state index is 0.00262. The first-order chi connectivity index (χ1) is 12.2. The molecule has 0 aliphatic heterocycles. The molecular weight excluding hydrogens is 310 g/mol. The van der Waals surface area contributed by atoms with E-state index in [0.717, 1.165) is 38.1 Å². The Labute approximate surface area is 157 Å². The number of hydrogen-bond acceptors (Lipinski definition) is 3. The van der Waals surface area contributed by atoms with Gasteiger partial charge in [-0.25, -0.2) is 0 Å². The predicted octanol–water partition coefficient (Wildman–Crippen LogP) is 6.39. The third kappa shape index (κ3) is 18.0. The minimum atomic E-state index is 0.00262. The van der Waals surface area contributed by atoms with Crippen molar-refractivity contribution in [3.63, 3.8) is 0 Å². The van der Waals surface area contributed by atoms with E-state index in [0.29, 0.717) is 13.0 Å². The van der Waals surface area contributed by atoms with Crippen molar-refractivity contribution in [1.29, 1.82) is 0 Å². The van der Waals surface area contributed by atoms with Crippen molar-refractivity contribution in [3.8, 4) is 0 Å². The fourth-order valence-electron chi connectivity index (χ4n) is 3.33. The summed E-state index contributed by atoms with van der Waals surface area (Å²) in [7, 11) is 0. The third-order valence-electron chi connectivity index (χ3n) is 5.06. The maximum Gasteiger partial charge on any atom is 0.305 e. The van der Waals surface area contributed by atoms with Gasteiger partial charge in [0.25, 0.3) is 0 Å². The molecular formula is C22H45NO2. The van der Waals surface area contributed by atoms with E-state index in [4.69, 9.17) is 10.5 Å². The van der Waals surface area contributed by atoms with Crippen molar-refractivity contribution in [2.75, 3.05) is 13.2 Å². The van der Waals surface area contributed by atoms with Crippen LogP contribution >= 0.6 is 0 Å². The van der Waals surface area contributed by atoms with Crippen molar-refractivity contribution in [2.24, 2.45) is 11.7 Å². The first-order valence-electron chi connectivity index (χ1n) is 11.1. The lowest BCUT2D eigenvalue weighted by molar-refractivity contribution is -0.144. The second-order valence-corrected chi connectivity index (χ2v) is 7.53. The van der Waals surface area contributed by atoms with Crippen LogP contribution in [0.5, 0.6) is 0 Å². The highest BCUT2D eigenvalue weighted by atomic mass is 16.5. The smallest absolute Gasteiger partial charge is 0.305 e. The quantitative estimate of drug-likeness (QED) is 0.216. The van der Waals surface area contributed by atoms with Gasteiger partial charge in [0.15, 0.2) is 0 Å². The molecule has 0 bridgehead atoms. The molecule has 0 spiro atoms. The molecule has 150 valence electrons. The van der Waals surface area contributed by atoms with Crippen LogP contribution < -0.4 is 5.73 Å². The summed E-state index contributed by atoms with van der Waals surface area (Å²) in [4.78, 5) is 11.8. The van der Waals surface area contributed by atoms with Gasteiger partial charge >= 0.3 is 5.97 Å². The number of rotatable bonds is 19. The third-order valence-corrected chi connectivity index (χ3v) is 5.06. The highest BCUT2D eigenvalue weighted by molar-refractivity contribution is 5.69. The molecule has 0 aliphatic carbocycles. The summed E-state index contributed by atoms with van der Waals surface area (Å²) in [6, 6.07) is 0. The largest absolute Gasteiger partial charge is 0.466 e. The number of ether oxygens (including phenoxy) is 1. The van der Waals surface area contributed by atoms with Crippen molar-refractivity contribution in [1.82, 2.24) is 0 Å². The van der Waals surface area contributed by atoms with E-state index in [1.807, 2.05) is 0 Å². The summed E-state index contributed by atoms with van der Waals surface area (Å²) in [5, 5.41) is 0. The van der Waals surface area contributed by atoms with Crippen molar-refractivity contribution in [3.05, 3.63) is 0 Å². The molecule has 0 rings (SSSR count). The summed E-state index contributed by atoms with van der Waals surface area (Å²) in [5.41, 5.74) is 5.48. The number of carbonyl (C=O) groups excluding carboxylic acids is 1. The zero-order chi connectivity index (χ0) is 18.6. The molecule has 0 aromatic heterocycles. The van der Waals surface area contributed by atoms with E-state index in [2.05, 4.69) is 13.8 Å². The number of nitrogens with two attached hydrogens (primary N) is 1. The lowest BCUT2D eigenvalue weighted by Gasteiger charge is -2.16. The van der Waals surface area contributed by atoms with Gasteiger partial charge in [-0.15, -0.1) is 0 Å². The van der Waals surface area contributed by atoms with E-state index in [-0.39, 0.29) is 5.97 Å². The Kier molecular flexibility index (Phi) is 19.3. The Balaban J connectivity index is 3.68. The Morgan fingerprint density at radius 1 is 0.760 bits per heavy atom. The molecule has 0 saturated carbocycles. The summed E-state index contributed by atoms with van der Waals surface area (Å²) in [6.07, 6.45) is 19.0. The Morgan fingerprint density at radius 3 is 1.88 bits per heavy atom. The van der Waals surface area contributed by atoms with E-state index >= 15 is 0 Å². The minimum Gasteiger partial charge on any atom is -0.466 e. The highest BCUT2D eigenvalue weighted by Crippen LogP contribution is 2.21. The number of hydrogen-bond donors (Lipinski definition) is 1. The average molecular weight is 356 g/mol. The molecule has 0 radical (unpaired) electrons. The lowest BCUT2D eigenvalue weighted by atomic mass is 9.92. The van der Waals surface area contributed by atoms with Crippen molar-refractivity contribution < 1.29 is 9.53 Å². The second-order valence-electron chi connectivity index (χ2n) is 7.53. The molecule has 0 aromatic rings. The Bertz CT molecular complexity index is 271. The van der Waals surface area contributed by atoms with Crippen LogP contribution in [0.3, 0.4) is 0 Å². The molecule has 0 unspecified atom stereocenters. The highest BCUT2D eigenvalue weighted by Gasteiger charge is 2.10. The van der Waals surface area contributed by atoms with Crippen LogP contribution in [-0.2, 0) is 9.53 Å². The average Bonchev–Trinajstić information content (AvgIpc) is 2.61. The zero-order valence-corrected chi connectivity index (χ0v) is 17.2. The van der Waals surface area contributed by atoms with E-state index < -0.39 is 0 Å². The topological polar surface area (TPSA) is 52.3 Å². The molecule has 0 atom stereocenters. The molecule has 0 aromatic carbocycles. The van der Waals surface area contributed by atoms with Gasteiger partial charge in [0.05, 0.1) is 6.61 Å². The monoisotopic (exact) mass is 355 g/mol. The summed E-state index contributed by atoms with van der Waals surface area (Å²) in [6.45, 7) is 5.93. The van der Waals surface area contributed by atoms with Gasteiger partial charge in [0.1, 0.15) is 0 Å². The molecule has 3 nitrogen and oxygen atoms in total. The maximum atomic E-state index is 11.8. The molecule has 0 aliphatic rings. The van der Waals surface area contributed by atoms with Crippen LogP contribution in [0.25, 0.3) is 0 Å². The summed E-state index contributed by atoms with van der Waals surface area (Å²) < 4.78 is 5.47. The first-order valence-corrected chi connectivity index (χ1v) is 11.1. The SMILES string of the molecule is CCCCCC(CCCCC)CCOC(=O)CCCCCCCCN. The molecule has 0 amide bonds. The molecule has 25 heavy (non-hydrogen) atoms. The maximum absolute atomic E-state index is 11.8.